The molecule has 2 rings (SSSR count). The maximum Gasteiger partial charge on any atom is 0.311 e. The van der Waals surface area contributed by atoms with Gasteiger partial charge in [-0.25, -0.2) is 0 Å². The van der Waals surface area contributed by atoms with Gasteiger partial charge in [0.2, 0.25) is 0 Å². The maximum absolute atomic E-state index is 12.2. The average molecular weight is 295 g/mol. The van der Waals surface area contributed by atoms with Gasteiger partial charge in [-0.05, 0) is 12.1 Å². The van der Waals surface area contributed by atoms with E-state index < -0.39 is 4.92 Å². The minimum atomic E-state index is -0.579. The summed E-state index contributed by atoms with van der Waals surface area (Å²) in [5.41, 5.74) is -0.0257. The van der Waals surface area contributed by atoms with Crippen LogP contribution in [0.5, 0.6) is 5.75 Å². The molecule has 0 saturated carbocycles. The molecule has 0 radical (unpaired) electrons. The lowest BCUT2D eigenvalue weighted by Gasteiger charge is -2.18. The Bertz CT molecular complexity index is 549. The highest BCUT2D eigenvalue weighted by atomic mass is 16.6. The number of nitro groups is 1. The molecule has 1 aliphatic rings. The van der Waals surface area contributed by atoms with Crippen molar-refractivity contribution in [2.75, 3.05) is 27.3 Å². The van der Waals surface area contributed by atoms with E-state index in [0.717, 1.165) is 0 Å². The van der Waals surface area contributed by atoms with E-state index in [-0.39, 0.29) is 35.1 Å². The molecule has 1 saturated heterocycles. The summed E-state index contributed by atoms with van der Waals surface area (Å²) in [5, 5.41) is 16.9. The summed E-state index contributed by atoms with van der Waals surface area (Å²) < 4.78 is 10.2. The SMILES string of the molecule is COc1ccc(C(=O)NC2CNC[C@@H]2OC)cc1[N+](=O)[O-]. The van der Waals surface area contributed by atoms with Crippen molar-refractivity contribution in [3.63, 3.8) is 0 Å². The van der Waals surface area contributed by atoms with Crippen LogP contribution in [0.1, 0.15) is 10.4 Å². The molecule has 0 bridgehead atoms. The molecule has 0 spiro atoms. The van der Waals surface area contributed by atoms with Gasteiger partial charge in [-0.1, -0.05) is 0 Å². The normalized spacial score (nSPS) is 21.0. The summed E-state index contributed by atoms with van der Waals surface area (Å²) in [6, 6.07) is 3.95. The molecule has 1 aliphatic heterocycles. The second-order valence-electron chi connectivity index (χ2n) is 4.66. The standard InChI is InChI=1S/C13H17N3O5/c1-20-11-4-3-8(5-10(11)16(18)19)13(17)15-9-6-14-7-12(9)21-2/h3-5,9,12,14H,6-7H2,1-2H3,(H,15,17)/t9?,12-/m0/s1. The number of ether oxygens (including phenoxy) is 2. The topological polar surface area (TPSA) is 103 Å². The van der Waals surface area contributed by atoms with Gasteiger partial charge in [0.15, 0.2) is 5.75 Å². The number of carbonyl (C=O) groups excluding carboxylic acids is 1. The third-order valence-corrected chi connectivity index (χ3v) is 3.42. The van der Waals surface area contributed by atoms with Gasteiger partial charge in [0.25, 0.3) is 5.91 Å². The van der Waals surface area contributed by atoms with Crippen molar-refractivity contribution in [3.8, 4) is 5.75 Å². The predicted octanol–water partition coefficient (Wildman–Crippen LogP) is 0.320. The van der Waals surface area contributed by atoms with E-state index in [1.165, 1.54) is 25.3 Å². The number of hydrogen-bond donors (Lipinski definition) is 2. The highest BCUT2D eigenvalue weighted by Crippen LogP contribution is 2.27. The van der Waals surface area contributed by atoms with Gasteiger partial charge in [-0.3, -0.25) is 14.9 Å². The van der Waals surface area contributed by atoms with Gasteiger partial charge < -0.3 is 20.1 Å². The number of rotatable bonds is 5. The first kappa shape index (κ1) is 15.2. The zero-order valence-electron chi connectivity index (χ0n) is 11.8. The van der Waals surface area contributed by atoms with Crippen molar-refractivity contribution in [2.45, 2.75) is 12.1 Å². The van der Waals surface area contributed by atoms with Crippen LogP contribution < -0.4 is 15.4 Å². The van der Waals surface area contributed by atoms with Gasteiger partial charge in [-0.2, -0.15) is 0 Å². The number of nitro benzene ring substituents is 1. The summed E-state index contributed by atoms with van der Waals surface area (Å²) in [6.45, 7) is 1.26. The molecule has 1 heterocycles. The lowest BCUT2D eigenvalue weighted by atomic mass is 10.1. The molecule has 1 aromatic carbocycles. The Morgan fingerprint density at radius 2 is 2.19 bits per heavy atom. The number of carbonyl (C=O) groups is 1. The minimum Gasteiger partial charge on any atom is -0.490 e. The Morgan fingerprint density at radius 1 is 1.43 bits per heavy atom. The van der Waals surface area contributed by atoms with Crippen LogP contribution in [0.25, 0.3) is 0 Å². The Morgan fingerprint density at radius 3 is 2.81 bits per heavy atom. The molecule has 8 heteroatoms. The monoisotopic (exact) mass is 295 g/mol. The van der Waals surface area contributed by atoms with Crippen LogP contribution in [0, 0.1) is 10.1 Å². The van der Waals surface area contributed by atoms with Crippen LogP contribution in [-0.2, 0) is 4.74 Å². The van der Waals surface area contributed by atoms with Crippen molar-refractivity contribution in [1.82, 2.24) is 10.6 Å². The average Bonchev–Trinajstić information content (AvgIpc) is 2.93. The van der Waals surface area contributed by atoms with Crippen LogP contribution in [0.15, 0.2) is 18.2 Å². The van der Waals surface area contributed by atoms with E-state index in [4.69, 9.17) is 9.47 Å². The lowest BCUT2D eigenvalue weighted by Crippen LogP contribution is -2.43. The summed E-state index contributed by atoms with van der Waals surface area (Å²) in [6.07, 6.45) is -0.109. The van der Waals surface area contributed by atoms with E-state index in [9.17, 15) is 14.9 Å². The van der Waals surface area contributed by atoms with Crippen LogP contribution in [0.4, 0.5) is 5.69 Å². The molecule has 0 aromatic heterocycles. The quantitative estimate of drug-likeness (QED) is 0.599. The van der Waals surface area contributed by atoms with E-state index in [0.29, 0.717) is 13.1 Å². The summed E-state index contributed by atoms with van der Waals surface area (Å²) in [5.74, 6) is -0.259. The summed E-state index contributed by atoms with van der Waals surface area (Å²) >= 11 is 0. The highest BCUT2D eigenvalue weighted by molar-refractivity contribution is 5.95. The molecule has 2 atom stereocenters. The van der Waals surface area contributed by atoms with E-state index >= 15 is 0 Å². The first-order chi connectivity index (χ1) is 10.1. The van der Waals surface area contributed by atoms with Crippen LogP contribution in [0.2, 0.25) is 0 Å². The van der Waals surface area contributed by atoms with Crippen LogP contribution >= 0.6 is 0 Å². The molecule has 1 fully saturated rings. The van der Waals surface area contributed by atoms with Crippen LogP contribution in [-0.4, -0.2) is 50.3 Å². The van der Waals surface area contributed by atoms with Crippen LogP contribution in [0.3, 0.4) is 0 Å². The second kappa shape index (κ2) is 6.51. The van der Waals surface area contributed by atoms with Crippen molar-refractivity contribution >= 4 is 11.6 Å². The Labute approximate surface area is 121 Å². The van der Waals surface area contributed by atoms with Gasteiger partial charge in [0, 0.05) is 31.8 Å². The Kier molecular flexibility index (Phi) is 4.71. The molecule has 21 heavy (non-hydrogen) atoms. The number of nitrogens with one attached hydrogen (secondary N) is 2. The zero-order chi connectivity index (χ0) is 15.4. The third-order valence-electron chi connectivity index (χ3n) is 3.42. The number of nitrogens with zero attached hydrogens (tertiary/aromatic N) is 1. The largest absolute Gasteiger partial charge is 0.490 e. The Balaban J connectivity index is 2.16. The van der Waals surface area contributed by atoms with Crippen molar-refractivity contribution in [2.24, 2.45) is 0 Å². The van der Waals surface area contributed by atoms with Crippen molar-refractivity contribution in [1.29, 1.82) is 0 Å². The molecule has 0 aliphatic carbocycles. The van der Waals surface area contributed by atoms with E-state index in [1.807, 2.05) is 0 Å². The zero-order valence-corrected chi connectivity index (χ0v) is 11.8. The smallest absolute Gasteiger partial charge is 0.311 e. The van der Waals surface area contributed by atoms with Gasteiger partial charge in [-0.15, -0.1) is 0 Å². The number of hydrogen-bond acceptors (Lipinski definition) is 6. The van der Waals surface area contributed by atoms with Crippen molar-refractivity contribution in [3.05, 3.63) is 33.9 Å². The first-order valence-electron chi connectivity index (χ1n) is 6.43. The highest BCUT2D eigenvalue weighted by Gasteiger charge is 2.29. The number of amides is 1. The number of benzene rings is 1. The lowest BCUT2D eigenvalue weighted by molar-refractivity contribution is -0.385. The van der Waals surface area contributed by atoms with E-state index in [1.54, 1.807) is 7.11 Å². The molecule has 1 unspecified atom stereocenters. The fourth-order valence-corrected chi connectivity index (χ4v) is 2.27. The third kappa shape index (κ3) is 3.29. The Hall–Kier alpha value is -2.19. The molecule has 114 valence electrons. The second-order valence-corrected chi connectivity index (χ2v) is 4.66. The fraction of sp³-hybridized carbons (Fsp3) is 0.462. The number of methoxy groups -OCH3 is 2. The van der Waals surface area contributed by atoms with Gasteiger partial charge in [0.1, 0.15) is 0 Å². The predicted molar refractivity (Wildman–Crippen MR) is 74.6 cm³/mol. The summed E-state index contributed by atoms with van der Waals surface area (Å²) in [7, 11) is 2.92. The molecule has 1 aromatic rings. The first-order valence-corrected chi connectivity index (χ1v) is 6.43. The van der Waals surface area contributed by atoms with Crippen molar-refractivity contribution < 1.29 is 19.2 Å². The molecule has 2 N–H and O–H groups in total. The van der Waals surface area contributed by atoms with E-state index in [2.05, 4.69) is 10.6 Å². The van der Waals surface area contributed by atoms with Gasteiger partial charge in [0.05, 0.1) is 24.2 Å². The maximum atomic E-state index is 12.2. The molecular formula is C13H17N3O5. The fourth-order valence-electron chi connectivity index (χ4n) is 2.27. The summed E-state index contributed by atoms with van der Waals surface area (Å²) in [4.78, 5) is 22.6. The minimum absolute atomic E-state index is 0.109. The molecule has 8 nitrogen and oxygen atoms in total. The van der Waals surface area contributed by atoms with Gasteiger partial charge >= 0.3 is 5.69 Å². The molecule has 1 amide bonds. The molecular weight excluding hydrogens is 278 g/mol.